The van der Waals surface area contributed by atoms with Crippen LogP contribution in [0.1, 0.15) is 57.8 Å². The van der Waals surface area contributed by atoms with E-state index in [1.54, 1.807) is 36.1 Å². The molecular weight excluding hydrogens is 370 g/mol. The Labute approximate surface area is 170 Å². The SMILES string of the molecule is CCOC(=O)c1ccccc1NC(=O)c1cncc(C(=O)N2CCC(C)CC2)c1. The fraction of sp³-hybridized carbons (Fsp3) is 0.364. The summed E-state index contributed by atoms with van der Waals surface area (Å²) < 4.78 is 5.03. The Kier molecular flexibility index (Phi) is 6.59. The molecule has 0 saturated carbocycles. The lowest BCUT2D eigenvalue weighted by molar-refractivity contribution is 0.0527. The van der Waals surface area contributed by atoms with Crippen molar-refractivity contribution in [3.63, 3.8) is 0 Å². The summed E-state index contributed by atoms with van der Waals surface area (Å²) in [4.78, 5) is 43.4. The smallest absolute Gasteiger partial charge is 0.340 e. The predicted molar refractivity (Wildman–Crippen MR) is 109 cm³/mol. The number of ether oxygens (including phenoxy) is 1. The fourth-order valence-corrected chi connectivity index (χ4v) is 3.25. The number of esters is 1. The number of carbonyl (C=O) groups is 3. The molecule has 1 aliphatic heterocycles. The molecule has 7 nitrogen and oxygen atoms in total. The predicted octanol–water partition coefficient (Wildman–Crippen LogP) is 3.38. The zero-order valence-electron chi connectivity index (χ0n) is 16.7. The number of likely N-dealkylation sites (tertiary alicyclic amines) is 1. The number of aromatic nitrogens is 1. The summed E-state index contributed by atoms with van der Waals surface area (Å²) in [6.07, 6.45) is 4.83. The lowest BCUT2D eigenvalue weighted by Gasteiger charge is -2.30. The zero-order valence-corrected chi connectivity index (χ0v) is 16.7. The molecule has 1 aromatic carbocycles. The highest BCUT2D eigenvalue weighted by molar-refractivity contribution is 6.08. The van der Waals surface area contributed by atoms with E-state index in [1.165, 1.54) is 18.5 Å². The van der Waals surface area contributed by atoms with Crippen LogP contribution in [0, 0.1) is 5.92 Å². The zero-order chi connectivity index (χ0) is 20.8. The molecule has 1 fully saturated rings. The molecule has 1 saturated heterocycles. The van der Waals surface area contributed by atoms with E-state index in [9.17, 15) is 14.4 Å². The Morgan fingerprint density at radius 2 is 1.83 bits per heavy atom. The normalized spacial score (nSPS) is 14.3. The van der Waals surface area contributed by atoms with Crippen LogP contribution in [0.3, 0.4) is 0 Å². The average molecular weight is 395 g/mol. The first-order valence-corrected chi connectivity index (χ1v) is 9.81. The summed E-state index contributed by atoms with van der Waals surface area (Å²) in [6, 6.07) is 8.16. The van der Waals surface area contributed by atoms with Crippen LogP contribution in [-0.4, -0.2) is 47.4 Å². The minimum absolute atomic E-state index is 0.119. The minimum Gasteiger partial charge on any atom is -0.462 e. The van der Waals surface area contributed by atoms with Crippen molar-refractivity contribution in [2.75, 3.05) is 25.0 Å². The van der Waals surface area contributed by atoms with E-state index < -0.39 is 11.9 Å². The molecular formula is C22H25N3O4. The molecule has 2 heterocycles. The van der Waals surface area contributed by atoms with Crippen molar-refractivity contribution in [2.45, 2.75) is 26.7 Å². The quantitative estimate of drug-likeness (QED) is 0.784. The van der Waals surface area contributed by atoms with Gasteiger partial charge < -0.3 is 15.0 Å². The molecule has 0 bridgehead atoms. The van der Waals surface area contributed by atoms with Crippen LogP contribution >= 0.6 is 0 Å². The molecule has 0 spiro atoms. The van der Waals surface area contributed by atoms with Gasteiger partial charge in [-0.3, -0.25) is 14.6 Å². The number of hydrogen-bond donors (Lipinski definition) is 1. The second kappa shape index (κ2) is 9.32. The van der Waals surface area contributed by atoms with Crippen molar-refractivity contribution in [3.8, 4) is 0 Å². The van der Waals surface area contributed by atoms with E-state index in [0.29, 0.717) is 30.3 Å². The van der Waals surface area contributed by atoms with Crippen LogP contribution < -0.4 is 5.32 Å². The van der Waals surface area contributed by atoms with Gasteiger partial charge in [0, 0.05) is 25.5 Å². The average Bonchev–Trinajstić information content (AvgIpc) is 2.74. The number of anilines is 1. The molecule has 0 aliphatic carbocycles. The summed E-state index contributed by atoms with van der Waals surface area (Å²) in [6.45, 7) is 5.57. The lowest BCUT2D eigenvalue weighted by Crippen LogP contribution is -2.38. The number of piperidine rings is 1. The second-order valence-electron chi connectivity index (χ2n) is 7.16. The highest BCUT2D eigenvalue weighted by atomic mass is 16.5. The van der Waals surface area contributed by atoms with Gasteiger partial charge in [-0.05, 0) is 43.9 Å². The topological polar surface area (TPSA) is 88.6 Å². The summed E-state index contributed by atoms with van der Waals surface area (Å²) >= 11 is 0. The molecule has 0 radical (unpaired) electrons. The van der Waals surface area contributed by atoms with Crippen LogP contribution in [0.25, 0.3) is 0 Å². The molecule has 0 unspecified atom stereocenters. The Morgan fingerprint density at radius 3 is 2.55 bits per heavy atom. The van der Waals surface area contributed by atoms with Gasteiger partial charge in [0.1, 0.15) is 0 Å². The number of pyridine rings is 1. The van der Waals surface area contributed by atoms with Gasteiger partial charge in [0.15, 0.2) is 0 Å². The van der Waals surface area contributed by atoms with Gasteiger partial charge in [0.25, 0.3) is 11.8 Å². The van der Waals surface area contributed by atoms with Crippen molar-refractivity contribution >= 4 is 23.5 Å². The first kappa shape index (κ1) is 20.5. The number of para-hydroxylation sites is 1. The molecule has 1 aromatic heterocycles. The highest BCUT2D eigenvalue weighted by Crippen LogP contribution is 2.20. The van der Waals surface area contributed by atoms with E-state index in [4.69, 9.17) is 4.74 Å². The third-order valence-corrected chi connectivity index (χ3v) is 4.99. The molecule has 2 amide bonds. The molecule has 3 rings (SSSR count). The van der Waals surface area contributed by atoms with Crippen molar-refractivity contribution < 1.29 is 19.1 Å². The van der Waals surface area contributed by atoms with Crippen LogP contribution in [0.2, 0.25) is 0 Å². The molecule has 2 aromatic rings. The largest absolute Gasteiger partial charge is 0.462 e. The summed E-state index contributed by atoms with van der Waals surface area (Å²) in [5.41, 5.74) is 1.24. The van der Waals surface area contributed by atoms with E-state index in [0.717, 1.165) is 12.8 Å². The Bertz CT molecular complexity index is 904. The van der Waals surface area contributed by atoms with Gasteiger partial charge in [-0.2, -0.15) is 0 Å². The Hall–Kier alpha value is -3.22. The second-order valence-corrected chi connectivity index (χ2v) is 7.16. The maximum absolute atomic E-state index is 12.7. The first-order chi connectivity index (χ1) is 14.0. The first-order valence-electron chi connectivity index (χ1n) is 9.81. The van der Waals surface area contributed by atoms with Gasteiger partial charge in [-0.25, -0.2) is 4.79 Å². The van der Waals surface area contributed by atoms with Crippen LogP contribution in [0.5, 0.6) is 0 Å². The monoisotopic (exact) mass is 395 g/mol. The Balaban J connectivity index is 1.75. The standard InChI is InChI=1S/C22H25N3O4/c1-3-29-22(28)18-6-4-5-7-19(18)24-20(26)16-12-17(14-23-13-16)21(27)25-10-8-15(2)9-11-25/h4-7,12-15H,3,8-11H2,1-2H3,(H,24,26). The van der Waals surface area contributed by atoms with Crippen molar-refractivity contribution in [3.05, 3.63) is 59.4 Å². The van der Waals surface area contributed by atoms with Crippen molar-refractivity contribution in [1.82, 2.24) is 9.88 Å². The summed E-state index contributed by atoms with van der Waals surface area (Å²) in [7, 11) is 0. The summed E-state index contributed by atoms with van der Waals surface area (Å²) in [5, 5.41) is 2.71. The number of carbonyl (C=O) groups excluding carboxylic acids is 3. The molecule has 7 heteroatoms. The van der Waals surface area contributed by atoms with E-state index in [1.807, 2.05) is 0 Å². The number of amides is 2. The third kappa shape index (κ3) is 4.99. The minimum atomic E-state index is -0.509. The molecule has 152 valence electrons. The molecule has 0 atom stereocenters. The van der Waals surface area contributed by atoms with Crippen molar-refractivity contribution in [2.24, 2.45) is 5.92 Å². The Morgan fingerprint density at radius 1 is 1.14 bits per heavy atom. The van der Waals surface area contributed by atoms with Gasteiger partial charge in [-0.15, -0.1) is 0 Å². The number of rotatable bonds is 5. The van der Waals surface area contributed by atoms with Gasteiger partial charge in [-0.1, -0.05) is 19.1 Å². The molecule has 29 heavy (non-hydrogen) atoms. The fourth-order valence-electron chi connectivity index (χ4n) is 3.25. The van der Waals surface area contributed by atoms with Crippen LogP contribution in [-0.2, 0) is 4.74 Å². The van der Waals surface area contributed by atoms with Gasteiger partial charge in [0.2, 0.25) is 0 Å². The maximum atomic E-state index is 12.7. The number of hydrogen-bond acceptors (Lipinski definition) is 5. The summed E-state index contributed by atoms with van der Waals surface area (Å²) in [5.74, 6) is -0.458. The number of nitrogens with one attached hydrogen (secondary N) is 1. The van der Waals surface area contributed by atoms with Crippen molar-refractivity contribution in [1.29, 1.82) is 0 Å². The number of nitrogens with zero attached hydrogens (tertiary/aromatic N) is 2. The van der Waals surface area contributed by atoms with Gasteiger partial charge in [0.05, 0.1) is 29.0 Å². The van der Waals surface area contributed by atoms with Crippen LogP contribution in [0.4, 0.5) is 5.69 Å². The van der Waals surface area contributed by atoms with E-state index >= 15 is 0 Å². The molecule has 1 N–H and O–H groups in total. The highest BCUT2D eigenvalue weighted by Gasteiger charge is 2.23. The van der Waals surface area contributed by atoms with Gasteiger partial charge >= 0.3 is 5.97 Å². The lowest BCUT2D eigenvalue weighted by atomic mass is 9.98. The maximum Gasteiger partial charge on any atom is 0.340 e. The van der Waals surface area contributed by atoms with E-state index in [2.05, 4.69) is 17.2 Å². The van der Waals surface area contributed by atoms with Crippen LogP contribution in [0.15, 0.2) is 42.7 Å². The number of benzene rings is 1. The van der Waals surface area contributed by atoms with E-state index in [-0.39, 0.29) is 23.6 Å². The molecule has 1 aliphatic rings. The third-order valence-electron chi connectivity index (χ3n) is 4.99.